The zero-order chi connectivity index (χ0) is 14.8. The number of rotatable bonds is 4. The smallest absolute Gasteiger partial charge is 0.478 e. The summed E-state index contributed by atoms with van der Waals surface area (Å²) in [6, 6.07) is 10.1. The predicted molar refractivity (Wildman–Crippen MR) is 73.3 cm³/mol. The van der Waals surface area contributed by atoms with E-state index in [1.807, 2.05) is 0 Å². The van der Waals surface area contributed by atoms with Crippen LogP contribution in [0.25, 0.3) is 16.8 Å². The van der Waals surface area contributed by atoms with Crippen molar-refractivity contribution in [2.75, 3.05) is 0 Å². The Balaban J connectivity index is 2.64. The van der Waals surface area contributed by atoms with E-state index in [1.54, 1.807) is 30.3 Å². The van der Waals surface area contributed by atoms with Gasteiger partial charge in [-0.2, -0.15) is 0 Å². The van der Waals surface area contributed by atoms with E-state index < -0.39 is 13.8 Å². The van der Waals surface area contributed by atoms with Crippen LogP contribution < -0.4 is 4.52 Å². The molecule has 2 aromatic carbocycles. The Morgan fingerprint density at radius 2 is 1.85 bits per heavy atom. The van der Waals surface area contributed by atoms with Gasteiger partial charge in [0, 0.05) is 11.6 Å². The summed E-state index contributed by atoms with van der Waals surface area (Å²) in [5.74, 6) is -1.24. The second-order valence-corrected chi connectivity index (χ2v) is 5.12. The second kappa shape index (κ2) is 5.46. The first-order valence-electron chi connectivity index (χ1n) is 5.55. The van der Waals surface area contributed by atoms with Crippen molar-refractivity contribution in [3.63, 3.8) is 0 Å². The van der Waals surface area contributed by atoms with Crippen molar-refractivity contribution in [3.05, 3.63) is 48.0 Å². The Hall–Kier alpha value is -2.14. The van der Waals surface area contributed by atoms with E-state index in [0.29, 0.717) is 10.9 Å². The van der Waals surface area contributed by atoms with Crippen molar-refractivity contribution < 1.29 is 28.8 Å². The molecule has 0 unspecified atom stereocenters. The molecule has 0 aliphatic heterocycles. The number of phosphoric ester groups is 1. The van der Waals surface area contributed by atoms with Gasteiger partial charge in [-0.05, 0) is 22.9 Å². The summed E-state index contributed by atoms with van der Waals surface area (Å²) in [7, 11) is -4.72. The average molecular weight is 294 g/mol. The van der Waals surface area contributed by atoms with Gasteiger partial charge in [-0.1, -0.05) is 30.3 Å². The molecule has 2 aromatic rings. The van der Waals surface area contributed by atoms with Gasteiger partial charge >= 0.3 is 13.8 Å². The second-order valence-electron chi connectivity index (χ2n) is 3.95. The van der Waals surface area contributed by atoms with E-state index in [9.17, 15) is 9.36 Å². The Morgan fingerprint density at radius 3 is 2.50 bits per heavy atom. The molecule has 3 N–H and O–H groups in total. The molecule has 0 bridgehead atoms. The number of carbonyl (C=O) groups is 1. The molecule has 0 aliphatic carbocycles. The molecule has 0 spiro atoms. The molecule has 0 aliphatic rings. The third-order valence-electron chi connectivity index (χ3n) is 2.54. The van der Waals surface area contributed by atoms with E-state index in [4.69, 9.17) is 14.9 Å². The van der Waals surface area contributed by atoms with Gasteiger partial charge in [-0.3, -0.25) is 9.79 Å². The number of phosphoric acid groups is 1. The van der Waals surface area contributed by atoms with Crippen LogP contribution in [0.5, 0.6) is 5.75 Å². The Morgan fingerprint density at radius 1 is 1.15 bits per heavy atom. The summed E-state index contributed by atoms with van der Waals surface area (Å²) in [5.41, 5.74) is 0.300. The van der Waals surface area contributed by atoms with Gasteiger partial charge in [0.25, 0.3) is 0 Å². The molecule has 6 nitrogen and oxygen atoms in total. The molecule has 104 valence electrons. The molecule has 2 rings (SSSR count). The Labute approximate surface area is 114 Å². The minimum Gasteiger partial charge on any atom is -0.478 e. The van der Waals surface area contributed by atoms with Gasteiger partial charge in [0.15, 0.2) is 0 Å². The molecule has 0 amide bonds. The molecule has 0 saturated heterocycles. The van der Waals surface area contributed by atoms with E-state index in [1.165, 1.54) is 12.1 Å². The highest BCUT2D eigenvalue weighted by Gasteiger charge is 2.18. The van der Waals surface area contributed by atoms with Gasteiger partial charge in [0.1, 0.15) is 5.75 Å². The molecule has 0 aromatic heterocycles. The number of aliphatic carboxylic acids is 1. The van der Waals surface area contributed by atoms with E-state index in [-0.39, 0.29) is 5.75 Å². The van der Waals surface area contributed by atoms with Gasteiger partial charge in [-0.15, -0.1) is 0 Å². The highest BCUT2D eigenvalue weighted by Crippen LogP contribution is 2.41. The van der Waals surface area contributed by atoms with Crippen LogP contribution in [-0.2, 0) is 9.36 Å². The van der Waals surface area contributed by atoms with Crippen LogP contribution in [-0.4, -0.2) is 20.9 Å². The van der Waals surface area contributed by atoms with E-state index in [0.717, 1.165) is 11.5 Å². The highest BCUT2D eigenvalue weighted by molar-refractivity contribution is 7.46. The SMILES string of the molecule is O=C(O)/C=C/c1c(OP(=O)(O)O)ccc2ccccc12. The summed E-state index contributed by atoms with van der Waals surface area (Å²) < 4.78 is 15.6. The molecule has 0 atom stereocenters. The largest absolute Gasteiger partial charge is 0.524 e. The maximum Gasteiger partial charge on any atom is 0.524 e. The fourth-order valence-corrected chi connectivity index (χ4v) is 2.23. The fraction of sp³-hybridized carbons (Fsp3) is 0. The number of benzene rings is 2. The average Bonchev–Trinajstić information content (AvgIpc) is 2.35. The van der Waals surface area contributed by atoms with E-state index in [2.05, 4.69) is 4.52 Å². The lowest BCUT2D eigenvalue weighted by Crippen LogP contribution is -1.94. The topological polar surface area (TPSA) is 104 Å². The quantitative estimate of drug-likeness (QED) is 0.591. The normalized spacial score (nSPS) is 11.9. The van der Waals surface area contributed by atoms with Crippen molar-refractivity contribution in [2.24, 2.45) is 0 Å². The van der Waals surface area contributed by atoms with Crippen LogP contribution in [0.4, 0.5) is 0 Å². The van der Waals surface area contributed by atoms with Gasteiger partial charge in [-0.25, -0.2) is 9.36 Å². The third kappa shape index (κ3) is 3.45. The van der Waals surface area contributed by atoms with Gasteiger partial charge < -0.3 is 9.63 Å². The Bertz CT molecular complexity index is 731. The first kappa shape index (κ1) is 14.3. The Kier molecular flexibility index (Phi) is 3.90. The first-order valence-corrected chi connectivity index (χ1v) is 7.08. The van der Waals surface area contributed by atoms with E-state index >= 15 is 0 Å². The van der Waals surface area contributed by atoms with Crippen molar-refractivity contribution in [1.82, 2.24) is 0 Å². The number of carboxylic acid groups (broad SMARTS) is 1. The molecule has 20 heavy (non-hydrogen) atoms. The van der Waals surface area contributed by atoms with Crippen LogP contribution in [0.1, 0.15) is 5.56 Å². The van der Waals surface area contributed by atoms with Crippen molar-refractivity contribution in [2.45, 2.75) is 0 Å². The van der Waals surface area contributed by atoms with Crippen LogP contribution in [0.2, 0.25) is 0 Å². The summed E-state index contributed by atoms with van der Waals surface area (Å²) in [5, 5.41) is 10.1. The maximum atomic E-state index is 11.0. The lowest BCUT2D eigenvalue weighted by molar-refractivity contribution is -0.131. The van der Waals surface area contributed by atoms with Crippen molar-refractivity contribution in [3.8, 4) is 5.75 Å². The fourth-order valence-electron chi connectivity index (χ4n) is 1.81. The van der Waals surface area contributed by atoms with Crippen LogP contribution >= 0.6 is 7.82 Å². The number of hydrogen-bond acceptors (Lipinski definition) is 3. The number of carboxylic acids is 1. The molecule has 7 heteroatoms. The lowest BCUT2D eigenvalue weighted by atomic mass is 10.0. The third-order valence-corrected chi connectivity index (χ3v) is 2.98. The molecular formula is C13H11O6P. The minimum absolute atomic E-state index is 0.0745. The van der Waals surface area contributed by atoms with Crippen molar-refractivity contribution in [1.29, 1.82) is 0 Å². The number of hydrogen-bond donors (Lipinski definition) is 3. The predicted octanol–water partition coefficient (Wildman–Crippen LogP) is 2.41. The standard InChI is InChI=1S/C13H11O6P/c14-13(15)8-6-11-10-4-2-1-3-9(10)5-7-12(11)19-20(16,17)18/h1-8H,(H,14,15)(H2,16,17,18)/b8-6+. The zero-order valence-corrected chi connectivity index (χ0v) is 11.0. The molecule has 0 fully saturated rings. The molecular weight excluding hydrogens is 283 g/mol. The summed E-state index contributed by atoms with van der Waals surface area (Å²) in [4.78, 5) is 28.4. The zero-order valence-electron chi connectivity index (χ0n) is 10.1. The first-order chi connectivity index (χ1) is 9.37. The highest BCUT2D eigenvalue weighted by atomic mass is 31.2. The molecule has 0 heterocycles. The molecule has 0 radical (unpaired) electrons. The molecule has 0 saturated carbocycles. The number of fused-ring (bicyclic) bond motifs is 1. The van der Waals surface area contributed by atoms with Crippen LogP contribution in [0.3, 0.4) is 0 Å². The van der Waals surface area contributed by atoms with Gasteiger partial charge in [0.05, 0.1) is 0 Å². The summed E-state index contributed by atoms with van der Waals surface area (Å²) in [6.45, 7) is 0. The monoisotopic (exact) mass is 294 g/mol. The van der Waals surface area contributed by atoms with Gasteiger partial charge in [0.2, 0.25) is 0 Å². The van der Waals surface area contributed by atoms with Crippen molar-refractivity contribution >= 4 is 30.6 Å². The lowest BCUT2D eigenvalue weighted by Gasteiger charge is -2.12. The van der Waals surface area contributed by atoms with Crippen LogP contribution in [0, 0.1) is 0 Å². The summed E-state index contributed by atoms with van der Waals surface area (Å²) in [6.07, 6.45) is 2.13. The maximum absolute atomic E-state index is 11.0. The minimum atomic E-state index is -4.72. The van der Waals surface area contributed by atoms with Crippen LogP contribution in [0.15, 0.2) is 42.5 Å². The summed E-state index contributed by atoms with van der Waals surface area (Å²) >= 11 is 0.